The smallest absolute Gasteiger partial charge is 0.335 e. The van der Waals surface area contributed by atoms with Crippen LogP contribution in [0.2, 0.25) is 0 Å². The predicted molar refractivity (Wildman–Crippen MR) is 132 cm³/mol. The summed E-state index contributed by atoms with van der Waals surface area (Å²) in [5.41, 5.74) is 2.43. The van der Waals surface area contributed by atoms with Crippen molar-refractivity contribution in [2.45, 2.75) is 19.4 Å². The van der Waals surface area contributed by atoms with Crippen molar-refractivity contribution in [3.8, 4) is 17.6 Å². The zero-order chi connectivity index (χ0) is 25.0. The van der Waals surface area contributed by atoms with E-state index in [2.05, 4.69) is 5.32 Å². The van der Waals surface area contributed by atoms with Crippen LogP contribution in [0.1, 0.15) is 33.5 Å². The summed E-state index contributed by atoms with van der Waals surface area (Å²) < 4.78 is 11.4. The van der Waals surface area contributed by atoms with Gasteiger partial charge in [0.1, 0.15) is 18.2 Å². The van der Waals surface area contributed by atoms with Crippen molar-refractivity contribution in [3.63, 3.8) is 0 Å². The van der Waals surface area contributed by atoms with E-state index >= 15 is 0 Å². The number of aryl methyl sites for hydroxylation is 1. The Morgan fingerprint density at radius 2 is 1.77 bits per heavy atom. The van der Waals surface area contributed by atoms with Gasteiger partial charge in [0.2, 0.25) is 0 Å². The highest BCUT2D eigenvalue weighted by atomic mass is 16.5. The number of rotatable bonds is 11. The summed E-state index contributed by atoms with van der Waals surface area (Å²) in [7, 11) is 1.49. The van der Waals surface area contributed by atoms with Crippen molar-refractivity contribution in [2.75, 3.05) is 13.7 Å². The lowest BCUT2D eigenvalue weighted by Crippen LogP contribution is -2.25. The van der Waals surface area contributed by atoms with Gasteiger partial charge in [0.25, 0.3) is 5.91 Å². The number of hydrogen-bond donors (Lipinski definition) is 2. The number of ether oxygens (including phenoxy) is 2. The van der Waals surface area contributed by atoms with Crippen molar-refractivity contribution in [2.24, 2.45) is 0 Å². The van der Waals surface area contributed by atoms with Crippen LogP contribution in [0.3, 0.4) is 0 Å². The molecule has 0 saturated carbocycles. The molecule has 7 nitrogen and oxygen atoms in total. The first-order valence-electron chi connectivity index (χ1n) is 11.1. The number of benzene rings is 3. The summed E-state index contributed by atoms with van der Waals surface area (Å²) in [4.78, 5) is 23.8. The van der Waals surface area contributed by atoms with Gasteiger partial charge in [-0.15, -0.1) is 0 Å². The molecule has 35 heavy (non-hydrogen) atoms. The van der Waals surface area contributed by atoms with Gasteiger partial charge in [0.05, 0.1) is 12.7 Å². The van der Waals surface area contributed by atoms with Crippen LogP contribution in [0, 0.1) is 11.3 Å². The van der Waals surface area contributed by atoms with Crippen molar-refractivity contribution >= 4 is 18.0 Å². The molecule has 3 aromatic carbocycles. The minimum atomic E-state index is -1.03. The van der Waals surface area contributed by atoms with Crippen molar-refractivity contribution in [3.05, 3.63) is 101 Å². The van der Waals surface area contributed by atoms with E-state index in [1.165, 1.54) is 30.9 Å². The number of methoxy groups -OCH3 is 1. The monoisotopic (exact) mass is 470 g/mol. The normalized spacial score (nSPS) is 10.8. The van der Waals surface area contributed by atoms with E-state index in [0.29, 0.717) is 29.2 Å². The number of nitriles is 1. The number of carboxylic acid groups (broad SMARTS) is 1. The first kappa shape index (κ1) is 25.1. The Kier molecular flexibility index (Phi) is 9.03. The molecule has 0 aliphatic carbocycles. The second-order valence-electron chi connectivity index (χ2n) is 7.69. The minimum absolute atomic E-state index is 0.0595. The molecule has 0 fully saturated rings. The van der Waals surface area contributed by atoms with Gasteiger partial charge >= 0.3 is 5.97 Å². The molecule has 0 aromatic heterocycles. The maximum Gasteiger partial charge on any atom is 0.335 e. The molecule has 178 valence electrons. The number of hydrogen-bond acceptors (Lipinski definition) is 5. The van der Waals surface area contributed by atoms with E-state index in [-0.39, 0.29) is 17.7 Å². The highest BCUT2D eigenvalue weighted by molar-refractivity contribution is 6.02. The second-order valence-corrected chi connectivity index (χ2v) is 7.69. The zero-order valence-electron chi connectivity index (χ0n) is 19.4. The maximum absolute atomic E-state index is 12.6. The summed E-state index contributed by atoms with van der Waals surface area (Å²) in [5.74, 6) is -0.723. The van der Waals surface area contributed by atoms with Gasteiger partial charge in [-0.3, -0.25) is 4.79 Å². The number of nitrogens with one attached hydrogen (secondary N) is 1. The van der Waals surface area contributed by atoms with Gasteiger partial charge in [-0.05, 0) is 48.2 Å². The first-order valence-corrected chi connectivity index (χ1v) is 11.1. The number of carbonyl (C=O) groups is 2. The predicted octanol–water partition coefficient (Wildman–Crippen LogP) is 4.63. The lowest BCUT2D eigenvalue weighted by atomic mass is 10.1. The van der Waals surface area contributed by atoms with Crippen LogP contribution in [0.5, 0.6) is 11.5 Å². The van der Waals surface area contributed by atoms with Gasteiger partial charge in [-0.25, -0.2) is 4.79 Å². The maximum atomic E-state index is 12.6. The van der Waals surface area contributed by atoms with Crippen molar-refractivity contribution in [1.82, 2.24) is 5.32 Å². The molecule has 1 amide bonds. The van der Waals surface area contributed by atoms with E-state index in [1.807, 2.05) is 36.4 Å². The Balaban J connectivity index is 1.71. The van der Waals surface area contributed by atoms with Crippen LogP contribution in [0.4, 0.5) is 0 Å². The fraction of sp³-hybridized carbons (Fsp3) is 0.179. The third-order valence-electron chi connectivity index (χ3n) is 5.22. The van der Waals surface area contributed by atoms with E-state index < -0.39 is 11.9 Å². The van der Waals surface area contributed by atoms with Crippen LogP contribution in [0.25, 0.3) is 6.08 Å². The van der Waals surface area contributed by atoms with Gasteiger partial charge in [0, 0.05) is 12.1 Å². The molecule has 0 radical (unpaired) electrons. The molecular weight excluding hydrogens is 444 g/mol. The van der Waals surface area contributed by atoms with Crippen LogP contribution in [-0.2, 0) is 17.8 Å². The number of nitrogens with zero attached hydrogens (tertiary/aromatic N) is 1. The summed E-state index contributed by atoms with van der Waals surface area (Å²) >= 11 is 0. The average molecular weight is 471 g/mol. The molecule has 3 aromatic rings. The summed E-state index contributed by atoms with van der Waals surface area (Å²) in [6, 6.07) is 23.5. The van der Waals surface area contributed by atoms with Gasteiger partial charge in [-0.1, -0.05) is 54.6 Å². The van der Waals surface area contributed by atoms with Gasteiger partial charge in [0.15, 0.2) is 11.5 Å². The highest BCUT2D eigenvalue weighted by Gasteiger charge is 2.14. The molecule has 0 unspecified atom stereocenters. The standard InChI is InChI=1S/C28H26N2O5/c1-34-25-14-6-12-22(26(25)35-19-21-10-5-13-23(16-21)28(32)33)17-24(18-29)27(31)30-15-7-11-20-8-3-2-4-9-20/h2-6,8-10,12-14,16-17H,7,11,15,19H2,1H3,(H,30,31)(H,32,33)/b24-17-. The lowest BCUT2D eigenvalue weighted by molar-refractivity contribution is -0.117. The zero-order valence-corrected chi connectivity index (χ0v) is 19.4. The third kappa shape index (κ3) is 7.21. The number of aromatic carboxylic acids is 1. The number of carboxylic acids is 1. The molecule has 3 rings (SSSR count). The van der Waals surface area contributed by atoms with E-state index in [9.17, 15) is 20.0 Å². The Bertz CT molecular complexity index is 1250. The second kappa shape index (κ2) is 12.6. The topological polar surface area (TPSA) is 109 Å². The quantitative estimate of drug-likeness (QED) is 0.240. The van der Waals surface area contributed by atoms with Crippen LogP contribution >= 0.6 is 0 Å². The van der Waals surface area contributed by atoms with Gasteiger partial charge < -0.3 is 19.9 Å². The Labute approximate surface area is 204 Å². The molecule has 0 spiro atoms. The molecule has 0 bridgehead atoms. The van der Waals surface area contributed by atoms with E-state index in [1.54, 1.807) is 30.3 Å². The minimum Gasteiger partial charge on any atom is -0.493 e. The molecule has 7 heteroatoms. The average Bonchev–Trinajstić information content (AvgIpc) is 2.89. The van der Waals surface area contributed by atoms with Crippen molar-refractivity contribution < 1.29 is 24.2 Å². The highest BCUT2D eigenvalue weighted by Crippen LogP contribution is 2.33. The third-order valence-corrected chi connectivity index (χ3v) is 5.22. The van der Waals surface area contributed by atoms with E-state index in [4.69, 9.17) is 9.47 Å². The van der Waals surface area contributed by atoms with Gasteiger partial charge in [-0.2, -0.15) is 5.26 Å². The molecule has 2 N–H and O–H groups in total. The van der Waals surface area contributed by atoms with Crippen LogP contribution in [0.15, 0.2) is 78.4 Å². The molecule has 0 saturated heterocycles. The molecule has 0 heterocycles. The summed E-state index contributed by atoms with van der Waals surface area (Å²) in [6.45, 7) is 0.518. The Morgan fingerprint density at radius 1 is 1.03 bits per heavy atom. The van der Waals surface area contributed by atoms with Crippen molar-refractivity contribution in [1.29, 1.82) is 5.26 Å². The SMILES string of the molecule is COc1cccc(/C=C(/C#N)C(=O)NCCCc2ccccc2)c1OCc1cccc(C(=O)O)c1. The molecule has 0 aliphatic heterocycles. The van der Waals surface area contributed by atoms with Crippen LogP contribution < -0.4 is 14.8 Å². The fourth-order valence-corrected chi connectivity index (χ4v) is 3.45. The Hall–Kier alpha value is -4.57. The molecule has 0 aliphatic rings. The first-order chi connectivity index (χ1) is 17.0. The number of carbonyl (C=O) groups excluding carboxylic acids is 1. The molecular formula is C28H26N2O5. The summed E-state index contributed by atoms with van der Waals surface area (Å²) in [5, 5.41) is 21.6. The largest absolute Gasteiger partial charge is 0.493 e. The van der Waals surface area contributed by atoms with Crippen LogP contribution in [-0.4, -0.2) is 30.6 Å². The number of para-hydroxylation sites is 1. The Morgan fingerprint density at radius 3 is 2.49 bits per heavy atom. The molecule has 0 atom stereocenters. The summed E-state index contributed by atoms with van der Waals surface area (Å²) in [6.07, 6.45) is 3.03. The fourth-order valence-electron chi connectivity index (χ4n) is 3.45. The van der Waals surface area contributed by atoms with E-state index in [0.717, 1.165) is 12.8 Å². The number of amides is 1. The lowest BCUT2D eigenvalue weighted by Gasteiger charge is -2.14.